The molecule has 1 aromatic carbocycles. The zero-order valence-electron chi connectivity index (χ0n) is 7.70. The summed E-state index contributed by atoms with van der Waals surface area (Å²) < 4.78 is 0. The number of nitrogens with zero attached hydrogens (tertiary/aromatic N) is 1. The van der Waals surface area contributed by atoms with Crippen molar-refractivity contribution in [3.63, 3.8) is 0 Å². The Kier molecular flexibility index (Phi) is 3.48. The highest BCUT2D eigenvalue weighted by molar-refractivity contribution is 5.22. The summed E-state index contributed by atoms with van der Waals surface area (Å²) in [6.45, 7) is 1.96. The van der Waals surface area contributed by atoms with Gasteiger partial charge in [-0.15, -0.1) is 0 Å². The molecule has 0 aliphatic rings. The number of benzene rings is 1. The third kappa shape index (κ3) is 2.89. The van der Waals surface area contributed by atoms with Gasteiger partial charge in [-0.3, -0.25) is 0 Å². The molecule has 1 rings (SSSR count). The molecule has 0 bridgehead atoms. The number of aliphatic hydroxyl groups is 1. The first-order valence-electron chi connectivity index (χ1n) is 4.32. The zero-order valence-corrected chi connectivity index (χ0v) is 7.70. The van der Waals surface area contributed by atoms with Crippen molar-refractivity contribution in [3.8, 4) is 6.07 Å². The highest BCUT2D eigenvalue weighted by Gasteiger charge is 2.05. The molecule has 0 amide bonds. The molecule has 2 nitrogen and oxygen atoms in total. The van der Waals surface area contributed by atoms with Gasteiger partial charge in [-0.05, 0) is 18.9 Å². The Bertz CT molecular complexity index is 297. The van der Waals surface area contributed by atoms with Gasteiger partial charge in [0.15, 0.2) is 0 Å². The molecule has 0 heterocycles. The molecule has 2 heteroatoms. The van der Waals surface area contributed by atoms with Gasteiger partial charge in [0.05, 0.1) is 18.6 Å². The minimum Gasteiger partial charge on any atom is -0.395 e. The van der Waals surface area contributed by atoms with Gasteiger partial charge in [-0.25, -0.2) is 0 Å². The Morgan fingerprint density at radius 3 is 2.46 bits per heavy atom. The minimum atomic E-state index is -0.275. The fourth-order valence-corrected chi connectivity index (χ4v) is 1.16. The van der Waals surface area contributed by atoms with Crippen molar-refractivity contribution in [1.82, 2.24) is 0 Å². The quantitative estimate of drug-likeness (QED) is 0.759. The van der Waals surface area contributed by atoms with Crippen molar-refractivity contribution < 1.29 is 5.11 Å². The standard InChI is InChI=1S/C11H13NO/c1-9-2-4-10(5-3-9)6-11(7-12)8-13/h2-5,11,13H,6,8H2,1H3/t11-/m1/s1. The van der Waals surface area contributed by atoms with Crippen LogP contribution in [0.5, 0.6) is 0 Å². The molecule has 0 aliphatic heterocycles. The van der Waals surface area contributed by atoms with Crippen molar-refractivity contribution in [1.29, 1.82) is 5.26 Å². The summed E-state index contributed by atoms with van der Waals surface area (Å²) in [6, 6.07) is 10.1. The average Bonchev–Trinajstić information content (AvgIpc) is 2.17. The molecule has 1 atom stereocenters. The average molecular weight is 175 g/mol. The number of hydrogen-bond donors (Lipinski definition) is 1. The lowest BCUT2D eigenvalue weighted by molar-refractivity contribution is 0.255. The van der Waals surface area contributed by atoms with Gasteiger partial charge in [0, 0.05) is 0 Å². The first kappa shape index (κ1) is 9.76. The maximum absolute atomic E-state index is 8.82. The van der Waals surface area contributed by atoms with Crippen molar-refractivity contribution >= 4 is 0 Å². The molecule has 0 saturated carbocycles. The first-order chi connectivity index (χ1) is 6.26. The van der Waals surface area contributed by atoms with Gasteiger partial charge in [-0.2, -0.15) is 5.26 Å². The summed E-state index contributed by atoms with van der Waals surface area (Å²) in [6.07, 6.45) is 0.632. The molecule has 0 aliphatic carbocycles. The van der Waals surface area contributed by atoms with E-state index in [1.165, 1.54) is 5.56 Å². The van der Waals surface area contributed by atoms with E-state index < -0.39 is 0 Å². The topological polar surface area (TPSA) is 44.0 Å². The normalized spacial score (nSPS) is 12.1. The largest absolute Gasteiger partial charge is 0.395 e. The van der Waals surface area contributed by atoms with Crippen LogP contribution in [0.2, 0.25) is 0 Å². The fourth-order valence-electron chi connectivity index (χ4n) is 1.16. The number of aliphatic hydroxyl groups excluding tert-OH is 1. The smallest absolute Gasteiger partial charge is 0.0734 e. The van der Waals surface area contributed by atoms with Crippen molar-refractivity contribution in [2.45, 2.75) is 13.3 Å². The maximum Gasteiger partial charge on any atom is 0.0734 e. The lowest BCUT2D eigenvalue weighted by Crippen LogP contribution is -2.06. The van der Waals surface area contributed by atoms with Crippen molar-refractivity contribution in [2.24, 2.45) is 5.92 Å². The van der Waals surface area contributed by atoms with Gasteiger partial charge >= 0.3 is 0 Å². The van der Waals surface area contributed by atoms with Crippen LogP contribution in [0.25, 0.3) is 0 Å². The minimum absolute atomic E-state index is 0.0651. The number of rotatable bonds is 3. The first-order valence-corrected chi connectivity index (χ1v) is 4.32. The second-order valence-corrected chi connectivity index (χ2v) is 3.20. The van der Waals surface area contributed by atoms with E-state index in [4.69, 9.17) is 10.4 Å². The van der Waals surface area contributed by atoms with Crippen LogP contribution in [0.1, 0.15) is 11.1 Å². The Morgan fingerprint density at radius 1 is 1.38 bits per heavy atom. The molecule has 13 heavy (non-hydrogen) atoms. The van der Waals surface area contributed by atoms with Crippen LogP contribution in [0.3, 0.4) is 0 Å². The molecule has 0 unspecified atom stereocenters. The second kappa shape index (κ2) is 4.64. The third-order valence-corrected chi connectivity index (χ3v) is 2.01. The fraction of sp³-hybridized carbons (Fsp3) is 0.364. The molecule has 0 spiro atoms. The van der Waals surface area contributed by atoms with Gasteiger partial charge in [0.1, 0.15) is 0 Å². The third-order valence-electron chi connectivity index (χ3n) is 2.01. The highest BCUT2D eigenvalue weighted by Crippen LogP contribution is 2.09. The van der Waals surface area contributed by atoms with Gasteiger partial charge in [0.2, 0.25) is 0 Å². The van der Waals surface area contributed by atoms with E-state index in [0.717, 1.165) is 5.56 Å². The van der Waals surface area contributed by atoms with E-state index in [9.17, 15) is 0 Å². The van der Waals surface area contributed by atoms with E-state index in [0.29, 0.717) is 6.42 Å². The Hall–Kier alpha value is -1.33. The highest BCUT2D eigenvalue weighted by atomic mass is 16.3. The molecule has 1 N–H and O–H groups in total. The van der Waals surface area contributed by atoms with E-state index >= 15 is 0 Å². The lowest BCUT2D eigenvalue weighted by atomic mass is 10.0. The lowest BCUT2D eigenvalue weighted by Gasteiger charge is -2.05. The summed E-state index contributed by atoms with van der Waals surface area (Å²) in [4.78, 5) is 0. The van der Waals surface area contributed by atoms with Crippen LogP contribution in [-0.2, 0) is 6.42 Å². The summed E-state index contributed by atoms with van der Waals surface area (Å²) in [5, 5.41) is 17.5. The Labute approximate surface area is 78.4 Å². The zero-order chi connectivity index (χ0) is 9.68. The van der Waals surface area contributed by atoms with Crippen LogP contribution < -0.4 is 0 Å². The van der Waals surface area contributed by atoms with Gasteiger partial charge in [-0.1, -0.05) is 29.8 Å². The van der Waals surface area contributed by atoms with Crippen LogP contribution in [0.4, 0.5) is 0 Å². The van der Waals surface area contributed by atoms with Crippen molar-refractivity contribution in [3.05, 3.63) is 35.4 Å². The summed E-state index contributed by atoms with van der Waals surface area (Å²) in [5.41, 5.74) is 2.31. The molecular weight excluding hydrogens is 162 g/mol. The molecule has 0 saturated heterocycles. The molecule has 0 aromatic heterocycles. The number of hydrogen-bond acceptors (Lipinski definition) is 2. The van der Waals surface area contributed by atoms with Crippen LogP contribution in [0, 0.1) is 24.2 Å². The van der Waals surface area contributed by atoms with E-state index in [1.54, 1.807) is 0 Å². The monoisotopic (exact) mass is 175 g/mol. The molecule has 1 aromatic rings. The van der Waals surface area contributed by atoms with Gasteiger partial charge in [0.25, 0.3) is 0 Å². The van der Waals surface area contributed by atoms with E-state index in [1.807, 2.05) is 31.2 Å². The molecular formula is C11H13NO. The van der Waals surface area contributed by atoms with Gasteiger partial charge < -0.3 is 5.11 Å². The van der Waals surface area contributed by atoms with Crippen LogP contribution in [0.15, 0.2) is 24.3 Å². The predicted octanol–water partition coefficient (Wildman–Crippen LogP) is 1.67. The molecule has 68 valence electrons. The number of aryl methyl sites for hydroxylation is 1. The Balaban J connectivity index is 2.64. The van der Waals surface area contributed by atoms with Crippen LogP contribution in [-0.4, -0.2) is 11.7 Å². The predicted molar refractivity (Wildman–Crippen MR) is 51.1 cm³/mol. The second-order valence-electron chi connectivity index (χ2n) is 3.20. The van der Waals surface area contributed by atoms with E-state index in [2.05, 4.69) is 6.07 Å². The van der Waals surface area contributed by atoms with E-state index in [-0.39, 0.29) is 12.5 Å². The molecule has 0 fully saturated rings. The SMILES string of the molecule is Cc1ccc(C[C@H](C#N)CO)cc1. The summed E-state index contributed by atoms with van der Waals surface area (Å²) in [5.74, 6) is -0.275. The van der Waals surface area contributed by atoms with Crippen molar-refractivity contribution in [2.75, 3.05) is 6.61 Å². The Morgan fingerprint density at radius 2 is 2.00 bits per heavy atom. The number of nitriles is 1. The molecule has 0 radical (unpaired) electrons. The van der Waals surface area contributed by atoms with Crippen LogP contribution >= 0.6 is 0 Å². The summed E-state index contributed by atoms with van der Waals surface area (Å²) >= 11 is 0. The maximum atomic E-state index is 8.82. The summed E-state index contributed by atoms with van der Waals surface area (Å²) in [7, 11) is 0.